The summed E-state index contributed by atoms with van der Waals surface area (Å²) in [6.45, 7) is 4.74. The van der Waals surface area contributed by atoms with Crippen molar-refractivity contribution in [2.75, 3.05) is 19.6 Å². The van der Waals surface area contributed by atoms with E-state index in [2.05, 4.69) is 10.1 Å². The molecular formula is C16H21ClN2O2. The van der Waals surface area contributed by atoms with Gasteiger partial charge in [-0.3, -0.25) is 4.90 Å². The summed E-state index contributed by atoms with van der Waals surface area (Å²) in [5.74, 6) is 0.392. The summed E-state index contributed by atoms with van der Waals surface area (Å²) in [7, 11) is 0. The summed E-state index contributed by atoms with van der Waals surface area (Å²) in [5.41, 5.74) is 2.06. The number of hydrogen-bond donors (Lipinski definition) is 1. The second kappa shape index (κ2) is 6.34. The third-order valence-corrected chi connectivity index (χ3v) is 4.62. The summed E-state index contributed by atoms with van der Waals surface area (Å²) in [6.07, 6.45) is 1.79. The lowest BCUT2D eigenvalue weighted by Crippen LogP contribution is -2.32. The molecule has 0 aromatic heterocycles. The lowest BCUT2D eigenvalue weighted by atomic mass is 10.0. The summed E-state index contributed by atoms with van der Waals surface area (Å²) >= 11 is 5.90. The normalized spacial score (nSPS) is 27.5. The van der Waals surface area contributed by atoms with E-state index in [4.69, 9.17) is 16.4 Å². The predicted molar refractivity (Wildman–Crippen MR) is 83.7 cm³/mol. The zero-order chi connectivity index (χ0) is 14.8. The van der Waals surface area contributed by atoms with Crippen LogP contribution in [0.25, 0.3) is 0 Å². The first-order chi connectivity index (χ1) is 10.1. The molecule has 0 radical (unpaired) electrons. The Morgan fingerprint density at radius 2 is 2.19 bits per heavy atom. The molecule has 21 heavy (non-hydrogen) atoms. The molecule has 1 saturated heterocycles. The molecule has 4 nitrogen and oxygen atoms in total. The van der Waals surface area contributed by atoms with Gasteiger partial charge in [0.05, 0.1) is 11.8 Å². The lowest BCUT2D eigenvalue weighted by Gasteiger charge is -2.19. The maximum atomic E-state index is 9.65. The molecule has 2 aliphatic heterocycles. The molecule has 0 aliphatic carbocycles. The highest BCUT2D eigenvalue weighted by Gasteiger charge is 2.30. The largest absolute Gasteiger partial charge is 0.393 e. The van der Waals surface area contributed by atoms with Crippen LogP contribution < -0.4 is 0 Å². The second-order valence-electron chi connectivity index (χ2n) is 6.03. The quantitative estimate of drug-likeness (QED) is 0.929. The minimum Gasteiger partial charge on any atom is -0.393 e. The van der Waals surface area contributed by atoms with Crippen LogP contribution in [-0.4, -0.2) is 47.6 Å². The van der Waals surface area contributed by atoms with Crippen LogP contribution >= 0.6 is 11.6 Å². The van der Waals surface area contributed by atoms with E-state index in [9.17, 15) is 5.11 Å². The van der Waals surface area contributed by atoms with Crippen LogP contribution in [-0.2, 0) is 4.84 Å². The molecule has 2 heterocycles. The SMILES string of the molecule is CC(O)C1CCN(CC2CC(c3ccc(Cl)cc3)=NO2)C1. The van der Waals surface area contributed by atoms with E-state index in [1.807, 2.05) is 31.2 Å². The molecule has 3 rings (SSSR count). The Balaban J connectivity index is 1.51. The zero-order valence-corrected chi connectivity index (χ0v) is 13.0. The van der Waals surface area contributed by atoms with Gasteiger partial charge >= 0.3 is 0 Å². The molecule has 0 spiro atoms. The third-order valence-electron chi connectivity index (χ3n) is 4.36. The standard InChI is InChI=1S/C16H21ClN2O2/c1-11(20)13-6-7-19(9-13)10-15-8-16(18-21-15)12-2-4-14(17)5-3-12/h2-5,11,13,15,20H,6-10H2,1H3. The summed E-state index contributed by atoms with van der Waals surface area (Å²) < 4.78 is 0. The smallest absolute Gasteiger partial charge is 0.145 e. The summed E-state index contributed by atoms with van der Waals surface area (Å²) in [6, 6.07) is 7.71. The van der Waals surface area contributed by atoms with E-state index in [0.29, 0.717) is 5.92 Å². The molecule has 1 fully saturated rings. The molecule has 3 unspecified atom stereocenters. The molecule has 114 valence electrons. The number of oxime groups is 1. The first-order valence-electron chi connectivity index (χ1n) is 7.51. The van der Waals surface area contributed by atoms with Gasteiger partial charge < -0.3 is 9.94 Å². The van der Waals surface area contributed by atoms with Gasteiger partial charge in [-0.25, -0.2) is 0 Å². The van der Waals surface area contributed by atoms with E-state index in [0.717, 1.165) is 48.8 Å². The van der Waals surface area contributed by atoms with Crippen molar-refractivity contribution in [1.29, 1.82) is 0 Å². The van der Waals surface area contributed by atoms with E-state index < -0.39 is 0 Å². The van der Waals surface area contributed by atoms with Gasteiger partial charge in [0.15, 0.2) is 0 Å². The predicted octanol–water partition coefficient (Wildman–Crippen LogP) is 2.54. The van der Waals surface area contributed by atoms with E-state index in [1.54, 1.807) is 0 Å². The molecule has 3 atom stereocenters. The van der Waals surface area contributed by atoms with Crippen molar-refractivity contribution < 1.29 is 9.94 Å². The average Bonchev–Trinajstić information content (AvgIpc) is 3.10. The Morgan fingerprint density at radius 1 is 1.43 bits per heavy atom. The first-order valence-corrected chi connectivity index (χ1v) is 7.88. The molecular weight excluding hydrogens is 288 g/mol. The highest BCUT2D eigenvalue weighted by atomic mass is 35.5. The Hall–Kier alpha value is -1.10. The van der Waals surface area contributed by atoms with Crippen LogP contribution in [0, 0.1) is 5.92 Å². The van der Waals surface area contributed by atoms with Gasteiger partial charge in [-0.15, -0.1) is 0 Å². The van der Waals surface area contributed by atoms with Gasteiger partial charge in [0.25, 0.3) is 0 Å². The molecule has 0 amide bonds. The molecule has 2 aliphatic rings. The number of hydrogen-bond acceptors (Lipinski definition) is 4. The molecule has 0 bridgehead atoms. The Bertz CT molecular complexity index is 516. The summed E-state index contributed by atoms with van der Waals surface area (Å²) in [5, 5.41) is 14.6. The number of nitrogens with zero attached hydrogens (tertiary/aromatic N) is 2. The van der Waals surface area contributed by atoms with Gasteiger partial charge in [-0.05, 0) is 43.5 Å². The topological polar surface area (TPSA) is 45.1 Å². The first kappa shape index (κ1) is 14.8. The lowest BCUT2D eigenvalue weighted by molar-refractivity contribution is 0.0546. The van der Waals surface area contributed by atoms with Crippen LogP contribution in [0.1, 0.15) is 25.3 Å². The van der Waals surface area contributed by atoms with Gasteiger partial charge in [0.1, 0.15) is 6.10 Å². The minimum atomic E-state index is -0.222. The highest BCUT2D eigenvalue weighted by Crippen LogP contribution is 2.23. The van der Waals surface area contributed by atoms with Crippen LogP contribution in [0.15, 0.2) is 29.4 Å². The van der Waals surface area contributed by atoms with E-state index in [-0.39, 0.29) is 12.2 Å². The monoisotopic (exact) mass is 308 g/mol. The minimum absolute atomic E-state index is 0.114. The van der Waals surface area contributed by atoms with Crippen molar-refractivity contribution in [3.8, 4) is 0 Å². The van der Waals surface area contributed by atoms with Crippen molar-refractivity contribution in [1.82, 2.24) is 4.90 Å². The highest BCUT2D eigenvalue weighted by molar-refractivity contribution is 6.30. The summed E-state index contributed by atoms with van der Waals surface area (Å²) in [4.78, 5) is 7.92. The number of aliphatic hydroxyl groups excluding tert-OH is 1. The van der Waals surface area contributed by atoms with Crippen molar-refractivity contribution >= 4 is 17.3 Å². The van der Waals surface area contributed by atoms with Crippen molar-refractivity contribution in [3.05, 3.63) is 34.9 Å². The second-order valence-corrected chi connectivity index (χ2v) is 6.46. The van der Waals surface area contributed by atoms with Crippen LogP contribution in [0.3, 0.4) is 0 Å². The molecule has 1 N–H and O–H groups in total. The fraction of sp³-hybridized carbons (Fsp3) is 0.562. The third kappa shape index (κ3) is 3.57. The Morgan fingerprint density at radius 3 is 2.86 bits per heavy atom. The Kier molecular flexibility index (Phi) is 4.48. The van der Waals surface area contributed by atoms with Gasteiger partial charge in [0, 0.05) is 24.5 Å². The van der Waals surface area contributed by atoms with Gasteiger partial charge in [-0.1, -0.05) is 28.9 Å². The van der Waals surface area contributed by atoms with Crippen molar-refractivity contribution in [2.45, 2.75) is 32.0 Å². The number of benzene rings is 1. The van der Waals surface area contributed by atoms with E-state index >= 15 is 0 Å². The van der Waals surface area contributed by atoms with Crippen LogP contribution in [0.5, 0.6) is 0 Å². The Labute approximate surface area is 130 Å². The number of aliphatic hydroxyl groups is 1. The average molecular weight is 309 g/mol. The van der Waals surface area contributed by atoms with E-state index in [1.165, 1.54) is 0 Å². The maximum absolute atomic E-state index is 9.65. The van der Waals surface area contributed by atoms with Crippen LogP contribution in [0.4, 0.5) is 0 Å². The number of rotatable bonds is 4. The fourth-order valence-corrected chi connectivity index (χ4v) is 3.18. The molecule has 1 aromatic carbocycles. The molecule has 1 aromatic rings. The number of likely N-dealkylation sites (tertiary alicyclic amines) is 1. The molecule has 5 heteroatoms. The molecule has 0 saturated carbocycles. The van der Waals surface area contributed by atoms with Gasteiger partial charge in [-0.2, -0.15) is 0 Å². The number of halogens is 1. The van der Waals surface area contributed by atoms with Crippen LogP contribution in [0.2, 0.25) is 5.02 Å². The maximum Gasteiger partial charge on any atom is 0.145 e. The van der Waals surface area contributed by atoms with Crippen molar-refractivity contribution in [3.63, 3.8) is 0 Å². The van der Waals surface area contributed by atoms with Crippen molar-refractivity contribution in [2.24, 2.45) is 11.1 Å². The fourth-order valence-electron chi connectivity index (χ4n) is 3.05. The zero-order valence-electron chi connectivity index (χ0n) is 12.2. The van der Waals surface area contributed by atoms with Gasteiger partial charge in [0.2, 0.25) is 0 Å².